The summed E-state index contributed by atoms with van der Waals surface area (Å²) in [6, 6.07) is 6.45. The summed E-state index contributed by atoms with van der Waals surface area (Å²) in [5.74, 6) is 1.42. The molecule has 1 aromatic rings. The molecule has 1 saturated carbocycles. The molecule has 27 heavy (non-hydrogen) atoms. The van der Waals surface area contributed by atoms with E-state index in [9.17, 15) is 4.79 Å². The molecule has 4 rings (SSSR count). The van der Waals surface area contributed by atoms with E-state index in [-0.39, 0.29) is 5.91 Å². The lowest BCUT2D eigenvalue weighted by Crippen LogP contribution is -2.41. The maximum Gasteiger partial charge on any atom is 0.219 e. The van der Waals surface area contributed by atoms with Gasteiger partial charge in [-0.1, -0.05) is 6.07 Å². The fourth-order valence-electron chi connectivity index (χ4n) is 4.05. The van der Waals surface area contributed by atoms with Gasteiger partial charge in [0.05, 0.1) is 12.2 Å². The van der Waals surface area contributed by atoms with Crippen molar-refractivity contribution in [1.29, 1.82) is 0 Å². The fourth-order valence-corrected chi connectivity index (χ4v) is 4.05. The monoisotopic (exact) mass is 366 g/mol. The molecule has 2 aliphatic carbocycles. The first-order valence-electron chi connectivity index (χ1n) is 10.3. The quantitative estimate of drug-likeness (QED) is 0.621. The standard InChI is InChI=1S/C22H30N4O/c1-15(27)26-11-10-21(24-13-16-6-7-16)20(14-26)22(23)25-19-9-8-17-4-2-3-5-18(17)12-19/h8-9,12,16,24H,2-7,10-11,13-14H2,1H3,(H2,23,25). The maximum atomic E-state index is 11.9. The molecule has 0 aromatic heterocycles. The van der Waals surface area contributed by atoms with Gasteiger partial charge in [0.15, 0.2) is 0 Å². The summed E-state index contributed by atoms with van der Waals surface area (Å²) < 4.78 is 0. The Labute approximate surface area is 161 Å². The van der Waals surface area contributed by atoms with Gasteiger partial charge in [-0.2, -0.15) is 0 Å². The van der Waals surface area contributed by atoms with E-state index in [1.165, 1.54) is 48.9 Å². The molecule has 1 aliphatic heterocycles. The van der Waals surface area contributed by atoms with Crippen molar-refractivity contribution in [3.8, 4) is 0 Å². The van der Waals surface area contributed by atoms with Crippen LogP contribution in [0.25, 0.3) is 0 Å². The molecule has 3 N–H and O–H groups in total. The Kier molecular flexibility index (Phi) is 5.19. The van der Waals surface area contributed by atoms with Crippen LogP contribution in [0.1, 0.15) is 50.2 Å². The molecule has 1 fully saturated rings. The fraction of sp³-hybridized carbons (Fsp3) is 0.545. The highest BCUT2D eigenvalue weighted by Gasteiger charge is 2.26. The lowest BCUT2D eigenvalue weighted by Gasteiger charge is -2.30. The van der Waals surface area contributed by atoms with Crippen molar-refractivity contribution in [2.24, 2.45) is 16.6 Å². The molecule has 0 bridgehead atoms. The Morgan fingerprint density at radius 1 is 1.22 bits per heavy atom. The molecule has 0 spiro atoms. The van der Waals surface area contributed by atoms with Gasteiger partial charge in [-0.05, 0) is 67.7 Å². The molecule has 1 heterocycles. The summed E-state index contributed by atoms with van der Waals surface area (Å²) in [5.41, 5.74) is 12.4. The van der Waals surface area contributed by atoms with Gasteiger partial charge in [-0.25, -0.2) is 4.99 Å². The summed E-state index contributed by atoms with van der Waals surface area (Å²) >= 11 is 0. The van der Waals surface area contributed by atoms with Gasteiger partial charge in [-0.3, -0.25) is 4.79 Å². The zero-order valence-corrected chi connectivity index (χ0v) is 16.3. The third-order valence-electron chi connectivity index (χ3n) is 5.98. The lowest BCUT2D eigenvalue weighted by molar-refractivity contribution is -0.128. The molecule has 0 atom stereocenters. The predicted octanol–water partition coefficient (Wildman–Crippen LogP) is 3.06. The van der Waals surface area contributed by atoms with Crippen LogP contribution in [0.3, 0.4) is 0 Å². The van der Waals surface area contributed by atoms with Gasteiger partial charge in [0.1, 0.15) is 5.84 Å². The molecule has 5 heteroatoms. The third kappa shape index (κ3) is 4.34. The minimum absolute atomic E-state index is 0.0929. The highest BCUT2D eigenvalue weighted by Crippen LogP contribution is 2.29. The number of aliphatic imine (C=N–C) groups is 1. The van der Waals surface area contributed by atoms with E-state index >= 15 is 0 Å². The average molecular weight is 367 g/mol. The molecule has 5 nitrogen and oxygen atoms in total. The van der Waals surface area contributed by atoms with Crippen LogP contribution in [0.5, 0.6) is 0 Å². The van der Waals surface area contributed by atoms with Crippen LogP contribution in [0.4, 0.5) is 5.69 Å². The van der Waals surface area contributed by atoms with Crippen molar-refractivity contribution in [3.63, 3.8) is 0 Å². The predicted molar refractivity (Wildman–Crippen MR) is 109 cm³/mol. The molecular formula is C22H30N4O. The molecule has 1 aromatic carbocycles. The Hall–Kier alpha value is -2.30. The largest absolute Gasteiger partial charge is 0.388 e. The minimum Gasteiger partial charge on any atom is -0.388 e. The zero-order chi connectivity index (χ0) is 18.8. The number of amidine groups is 1. The summed E-state index contributed by atoms with van der Waals surface area (Å²) in [7, 11) is 0. The Morgan fingerprint density at radius 3 is 2.74 bits per heavy atom. The van der Waals surface area contributed by atoms with Gasteiger partial charge in [0.25, 0.3) is 0 Å². The van der Waals surface area contributed by atoms with E-state index in [1.54, 1.807) is 6.92 Å². The Morgan fingerprint density at radius 2 is 2.00 bits per heavy atom. The normalized spacial score (nSPS) is 20.5. The number of hydrogen-bond donors (Lipinski definition) is 2. The van der Waals surface area contributed by atoms with Crippen LogP contribution in [-0.2, 0) is 17.6 Å². The van der Waals surface area contributed by atoms with Crippen molar-refractivity contribution < 1.29 is 4.79 Å². The number of carbonyl (C=O) groups is 1. The van der Waals surface area contributed by atoms with Gasteiger partial charge in [0, 0.05) is 37.7 Å². The topological polar surface area (TPSA) is 70.7 Å². The summed E-state index contributed by atoms with van der Waals surface area (Å²) in [4.78, 5) is 18.5. The van der Waals surface area contributed by atoms with E-state index < -0.39 is 0 Å². The number of fused-ring (bicyclic) bond motifs is 1. The number of hydrogen-bond acceptors (Lipinski definition) is 3. The summed E-state index contributed by atoms with van der Waals surface area (Å²) in [6.45, 7) is 3.92. The first-order valence-corrected chi connectivity index (χ1v) is 10.3. The second-order valence-electron chi connectivity index (χ2n) is 8.13. The number of carbonyl (C=O) groups excluding carboxylic acids is 1. The van der Waals surface area contributed by atoms with E-state index in [0.29, 0.717) is 12.4 Å². The Balaban J connectivity index is 1.59. The van der Waals surface area contributed by atoms with Crippen LogP contribution < -0.4 is 11.1 Å². The second-order valence-corrected chi connectivity index (χ2v) is 8.13. The number of amides is 1. The number of nitrogens with one attached hydrogen (secondary N) is 1. The van der Waals surface area contributed by atoms with Crippen molar-refractivity contribution in [3.05, 3.63) is 40.6 Å². The van der Waals surface area contributed by atoms with Gasteiger partial charge >= 0.3 is 0 Å². The van der Waals surface area contributed by atoms with Crippen molar-refractivity contribution >= 4 is 17.4 Å². The molecular weight excluding hydrogens is 336 g/mol. The highest BCUT2D eigenvalue weighted by atomic mass is 16.2. The molecule has 1 amide bonds. The molecule has 0 saturated heterocycles. The van der Waals surface area contributed by atoms with Gasteiger partial charge in [-0.15, -0.1) is 0 Å². The molecule has 144 valence electrons. The second kappa shape index (κ2) is 7.75. The van der Waals surface area contributed by atoms with Gasteiger partial charge in [0.2, 0.25) is 5.91 Å². The summed E-state index contributed by atoms with van der Waals surface area (Å²) in [6.07, 6.45) is 8.28. The molecule has 0 radical (unpaired) electrons. The van der Waals surface area contributed by atoms with Crippen molar-refractivity contribution in [2.45, 2.75) is 51.9 Å². The number of aryl methyl sites for hydroxylation is 2. The average Bonchev–Trinajstić information content (AvgIpc) is 3.50. The first-order chi connectivity index (χ1) is 13.1. The molecule has 0 unspecified atom stereocenters. The number of rotatable bonds is 5. The van der Waals surface area contributed by atoms with E-state index in [2.05, 4.69) is 23.5 Å². The highest BCUT2D eigenvalue weighted by molar-refractivity contribution is 6.00. The number of nitrogens with zero attached hydrogens (tertiary/aromatic N) is 2. The summed E-state index contributed by atoms with van der Waals surface area (Å²) in [5, 5.41) is 3.59. The third-order valence-corrected chi connectivity index (χ3v) is 5.98. The van der Waals surface area contributed by atoms with Gasteiger partial charge < -0.3 is 16.0 Å². The van der Waals surface area contributed by atoms with Crippen LogP contribution in [0, 0.1) is 5.92 Å². The van der Waals surface area contributed by atoms with E-state index in [4.69, 9.17) is 10.7 Å². The van der Waals surface area contributed by atoms with Crippen LogP contribution in [0.15, 0.2) is 34.5 Å². The van der Waals surface area contributed by atoms with Crippen molar-refractivity contribution in [1.82, 2.24) is 10.2 Å². The smallest absolute Gasteiger partial charge is 0.219 e. The number of benzene rings is 1. The van der Waals surface area contributed by atoms with E-state index in [1.807, 2.05) is 4.90 Å². The van der Waals surface area contributed by atoms with Crippen LogP contribution in [0.2, 0.25) is 0 Å². The lowest BCUT2D eigenvalue weighted by atomic mass is 9.91. The minimum atomic E-state index is 0.0929. The Bertz CT molecular complexity index is 792. The van der Waals surface area contributed by atoms with Crippen molar-refractivity contribution in [2.75, 3.05) is 19.6 Å². The first kappa shape index (κ1) is 18.1. The van der Waals surface area contributed by atoms with Crippen LogP contribution in [-0.4, -0.2) is 36.3 Å². The zero-order valence-electron chi connectivity index (χ0n) is 16.3. The number of nitrogens with two attached hydrogens (primary N) is 1. The maximum absolute atomic E-state index is 11.9. The van der Waals surface area contributed by atoms with E-state index in [0.717, 1.165) is 43.1 Å². The molecule has 3 aliphatic rings. The SMILES string of the molecule is CC(=O)N1CCC(NCC2CC2)=C(C(N)=Nc2ccc3c(c2)CCCC3)C1. The van der Waals surface area contributed by atoms with Crippen LogP contribution >= 0.6 is 0 Å².